The minimum Gasteiger partial charge on any atom is -0.462 e. The minimum absolute atomic E-state index is 0.0781. The highest BCUT2D eigenvalue weighted by atomic mass is 32.2. The molecular weight excluding hydrogens is 424 g/mol. The zero-order valence-electron chi connectivity index (χ0n) is 16.5. The van der Waals surface area contributed by atoms with Crippen molar-refractivity contribution in [3.63, 3.8) is 0 Å². The average Bonchev–Trinajstić information content (AvgIpc) is 3.31. The Kier molecular flexibility index (Phi) is 5.48. The number of carbonyl (C=O) groups excluding carboxylic acids is 2. The molecule has 0 radical (unpaired) electrons. The van der Waals surface area contributed by atoms with Crippen LogP contribution >= 0.6 is 11.3 Å². The lowest BCUT2D eigenvalue weighted by Gasteiger charge is -2.20. The molecule has 1 aliphatic rings. The molecule has 0 unspecified atom stereocenters. The molecular formula is C21H20N2O5S2. The van der Waals surface area contributed by atoms with Crippen LogP contribution in [-0.2, 0) is 22.2 Å². The average molecular weight is 445 g/mol. The number of rotatable bonds is 7. The number of benzene rings is 2. The van der Waals surface area contributed by atoms with Crippen molar-refractivity contribution in [1.82, 2.24) is 0 Å². The lowest BCUT2D eigenvalue weighted by molar-refractivity contribution is 0.0532. The van der Waals surface area contributed by atoms with Crippen molar-refractivity contribution in [3.8, 4) is 0 Å². The maximum atomic E-state index is 12.7. The van der Waals surface area contributed by atoms with Crippen LogP contribution < -0.4 is 9.21 Å². The van der Waals surface area contributed by atoms with Gasteiger partial charge in [-0.05, 0) is 44.2 Å². The lowest BCUT2D eigenvalue weighted by Crippen LogP contribution is -2.25. The fourth-order valence-electron chi connectivity index (χ4n) is 3.72. The van der Waals surface area contributed by atoms with Gasteiger partial charge in [0.1, 0.15) is 4.88 Å². The molecule has 0 atom stereocenters. The number of anilines is 2. The Labute approximate surface area is 179 Å². The summed E-state index contributed by atoms with van der Waals surface area (Å²) < 4.78 is 30.6. The minimum atomic E-state index is -2.95. The molecule has 0 saturated carbocycles. The predicted molar refractivity (Wildman–Crippen MR) is 118 cm³/mol. The number of thiol groups is 1. The van der Waals surface area contributed by atoms with Crippen LogP contribution in [0.1, 0.15) is 38.8 Å². The zero-order valence-corrected chi connectivity index (χ0v) is 18.2. The van der Waals surface area contributed by atoms with Gasteiger partial charge in [0.05, 0.1) is 24.5 Å². The molecule has 4 rings (SSSR count). The fourth-order valence-corrected chi connectivity index (χ4v) is 5.33. The van der Waals surface area contributed by atoms with E-state index in [1.165, 1.54) is 15.6 Å². The van der Waals surface area contributed by atoms with Gasteiger partial charge in [-0.1, -0.05) is 12.1 Å². The summed E-state index contributed by atoms with van der Waals surface area (Å²) in [6, 6.07) is 12.2. The van der Waals surface area contributed by atoms with Crippen LogP contribution in [0.15, 0.2) is 42.5 Å². The number of esters is 1. The van der Waals surface area contributed by atoms with Crippen LogP contribution in [0.3, 0.4) is 0 Å². The standard InChI is InChI=1S/C21H20N2O5S2/c1-3-22-17-10-9-16(14-6-5-7-15(19(14)17)20(22)24)23(30(26)27)12-13-8-11-18(29-13)21(25)28-4-2/h5-11,30H,3-4,12H2,1-2H3. The van der Waals surface area contributed by atoms with E-state index in [0.29, 0.717) is 32.9 Å². The molecule has 156 valence electrons. The van der Waals surface area contributed by atoms with Crippen molar-refractivity contribution in [2.75, 3.05) is 22.4 Å². The molecule has 0 fully saturated rings. The number of ether oxygens (including phenoxy) is 1. The maximum absolute atomic E-state index is 12.7. The summed E-state index contributed by atoms with van der Waals surface area (Å²) in [5, 5.41) is 1.47. The van der Waals surface area contributed by atoms with Gasteiger partial charge in [0.25, 0.3) is 5.91 Å². The van der Waals surface area contributed by atoms with Gasteiger partial charge in [-0.15, -0.1) is 11.3 Å². The third kappa shape index (κ3) is 3.33. The van der Waals surface area contributed by atoms with Gasteiger partial charge >= 0.3 is 5.97 Å². The van der Waals surface area contributed by atoms with Gasteiger partial charge in [-0.3, -0.25) is 9.10 Å². The first kappa shape index (κ1) is 20.4. The summed E-state index contributed by atoms with van der Waals surface area (Å²) in [4.78, 5) is 27.4. The lowest BCUT2D eigenvalue weighted by atomic mass is 10.0. The Hall–Kier alpha value is -2.91. The van der Waals surface area contributed by atoms with Crippen molar-refractivity contribution in [1.29, 1.82) is 0 Å². The highest BCUT2D eigenvalue weighted by Crippen LogP contribution is 2.42. The van der Waals surface area contributed by atoms with E-state index in [9.17, 15) is 18.0 Å². The molecule has 0 spiro atoms. The van der Waals surface area contributed by atoms with Crippen LogP contribution in [0.2, 0.25) is 0 Å². The van der Waals surface area contributed by atoms with E-state index in [0.717, 1.165) is 11.1 Å². The van der Waals surface area contributed by atoms with Crippen LogP contribution in [0, 0.1) is 0 Å². The Morgan fingerprint density at radius 2 is 1.93 bits per heavy atom. The van der Waals surface area contributed by atoms with Gasteiger partial charge in [-0.25, -0.2) is 13.2 Å². The van der Waals surface area contributed by atoms with Crippen LogP contribution in [0.4, 0.5) is 11.4 Å². The fraction of sp³-hybridized carbons (Fsp3) is 0.238. The Bertz CT molecular complexity index is 1220. The van der Waals surface area contributed by atoms with Gasteiger partial charge in [-0.2, -0.15) is 0 Å². The molecule has 0 N–H and O–H groups in total. The smallest absolute Gasteiger partial charge is 0.348 e. The third-order valence-corrected chi connectivity index (χ3v) is 6.80. The number of thiophene rings is 1. The summed E-state index contributed by atoms with van der Waals surface area (Å²) in [5.41, 5.74) is 1.87. The van der Waals surface area contributed by atoms with Crippen molar-refractivity contribution >= 4 is 56.3 Å². The molecule has 0 bridgehead atoms. The number of amides is 1. The molecule has 1 aromatic heterocycles. The summed E-state index contributed by atoms with van der Waals surface area (Å²) in [6.45, 7) is 4.54. The van der Waals surface area contributed by atoms with Crippen molar-refractivity contribution in [2.45, 2.75) is 20.4 Å². The highest BCUT2D eigenvalue weighted by molar-refractivity contribution is 7.74. The van der Waals surface area contributed by atoms with Crippen molar-refractivity contribution in [3.05, 3.63) is 57.8 Å². The van der Waals surface area contributed by atoms with E-state index in [4.69, 9.17) is 4.74 Å². The highest BCUT2D eigenvalue weighted by Gasteiger charge is 2.30. The van der Waals surface area contributed by atoms with E-state index in [1.54, 1.807) is 48.2 Å². The third-order valence-electron chi connectivity index (χ3n) is 5.00. The van der Waals surface area contributed by atoms with E-state index in [2.05, 4.69) is 0 Å². The molecule has 2 aromatic carbocycles. The Balaban J connectivity index is 1.76. The molecule has 0 saturated heterocycles. The summed E-state index contributed by atoms with van der Waals surface area (Å²) in [6.07, 6.45) is 0. The zero-order chi connectivity index (χ0) is 21.4. The molecule has 2 heterocycles. The Morgan fingerprint density at radius 1 is 1.13 bits per heavy atom. The summed E-state index contributed by atoms with van der Waals surface area (Å²) in [7, 11) is -2.95. The SMILES string of the molecule is CCOC(=O)c1ccc(CN(c2ccc3c4c(cccc24)C(=O)N3CC)[SH](=O)=O)s1. The van der Waals surface area contributed by atoms with Crippen molar-refractivity contribution in [2.24, 2.45) is 0 Å². The number of hydrogen-bond acceptors (Lipinski definition) is 6. The Morgan fingerprint density at radius 3 is 2.63 bits per heavy atom. The number of carbonyl (C=O) groups is 2. The molecule has 7 nitrogen and oxygen atoms in total. The van der Waals surface area contributed by atoms with Gasteiger partial charge < -0.3 is 9.64 Å². The first-order valence-corrected chi connectivity index (χ1v) is 11.5. The van der Waals surface area contributed by atoms with Crippen LogP contribution in [0.5, 0.6) is 0 Å². The van der Waals surface area contributed by atoms with E-state index < -0.39 is 16.9 Å². The van der Waals surface area contributed by atoms with Crippen molar-refractivity contribution < 1.29 is 22.7 Å². The monoisotopic (exact) mass is 444 g/mol. The summed E-state index contributed by atoms with van der Waals surface area (Å²) >= 11 is 1.20. The number of nitrogens with zero attached hydrogens (tertiary/aromatic N) is 2. The van der Waals surface area contributed by atoms with Crippen LogP contribution in [-0.4, -0.2) is 33.4 Å². The molecule has 3 aromatic rings. The second-order valence-electron chi connectivity index (χ2n) is 6.66. The molecule has 0 aliphatic carbocycles. The van der Waals surface area contributed by atoms with Gasteiger partial charge in [0.15, 0.2) is 0 Å². The second kappa shape index (κ2) is 8.08. The quantitative estimate of drug-likeness (QED) is 0.445. The van der Waals surface area contributed by atoms with E-state index >= 15 is 0 Å². The summed E-state index contributed by atoms with van der Waals surface area (Å²) in [5.74, 6) is -0.499. The maximum Gasteiger partial charge on any atom is 0.348 e. The largest absolute Gasteiger partial charge is 0.462 e. The van der Waals surface area contributed by atoms with E-state index in [1.807, 2.05) is 13.0 Å². The van der Waals surface area contributed by atoms with Gasteiger partial charge in [0.2, 0.25) is 10.9 Å². The first-order chi connectivity index (χ1) is 14.5. The first-order valence-electron chi connectivity index (χ1n) is 9.51. The molecule has 30 heavy (non-hydrogen) atoms. The molecule has 1 aliphatic heterocycles. The molecule has 1 amide bonds. The predicted octanol–water partition coefficient (Wildman–Crippen LogP) is 3.59. The normalized spacial score (nSPS) is 12.8. The van der Waals surface area contributed by atoms with E-state index in [-0.39, 0.29) is 19.1 Å². The van der Waals surface area contributed by atoms with Crippen LogP contribution in [0.25, 0.3) is 10.8 Å². The number of hydrogen-bond donors (Lipinski definition) is 1. The second-order valence-corrected chi connectivity index (χ2v) is 8.79. The van der Waals surface area contributed by atoms with Gasteiger partial charge in [0, 0.05) is 27.8 Å². The molecule has 9 heteroatoms. The topological polar surface area (TPSA) is 84.0 Å².